The quantitative estimate of drug-likeness (QED) is 0.697. The maximum Gasteiger partial charge on any atom is 0.333 e. The highest BCUT2D eigenvalue weighted by Crippen LogP contribution is 2.26. The number of benzene rings is 1. The molecule has 2 rings (SSSR count). The zero-order valence-electron chi connectivity index (χ0n) is 8.59. The molecule has 1 heterocycles. The summed E-state index contributed by atoms with van der Waals surface area (Å²) in [6, 6.07) is 8.92. The molecule has 0 spiro atoms. The fourth-order valence-electron chi connectivity index (χ4n) is 1.79. The highest BCUT2D eigenvalue weighted by molar-refractivity contribution is 6.15. The van der Waals surface area contributed by atoms with Gasteiger partial charge >= 0.3 is 5.97 Å². The number of nitrogens with two attached hydrogens (primary N) is 1. The molecule has 0 saturated carbocycles. The molecule has 1 saturated heterocycles. The number of nitrogens with zero attached hydrogens (tertiary/aromatic N) is 1. The highest BCUT2D eigenvalue weighted by atomic mass is 16.4. The minimum absolute atomic E-state index is 0.135. The first-order chi connectivity index (χ1) is 7.55. The molecule has 5 heteroatoms. The highest BCUT2D eigenvalue weighted by Gasteiger charge is 2.50. The molecule has 1 fully saturated rings. The number of carbonyl (C=O) groups excluding carboxylic acids is 1. The van der Waals surface area contributed by atoms with Crippen molar-refractivity contribution in [2.24, 2.45) is 5.73 Å². The van der Waals surface area contributed by atoms with E-state index in [9.17, 15) is 9.59 Å². The largest absolute Gasteiger partial charge is 0.479 e. The molecule has 5 nitrogen and oxygen atoms in total. The van der Waals surface area contributed by atoms with Crippen molar-refractivity contribution >= 4 is 17.6 Å². The summed E-state index contributed by atoms with van der Waals surface area (Å²) in [5.41, 5.74) is 4.50. The lowest BCUT2D eigenvalue weighted by Gasteiger charge is -2.19. The fraction of sp³-hybridized carbons (Fsp3) is 0.273. The van der Waals surface area contributed by atoms with E-state index in [4.69, 9.17) is 10.8 Å². The number of hydrogen-bond acceptors (Lipinski definition) is 3. The summed E-state index contributed by atoms with van der Waals surface area (Å²) >= 11 is 0. The lowest BCUT2D eigenvalue weighted by molar-refractivity contribution is -0.146. The minimum atomic E-state index is -1.77. The molecule has 16 heavy (non-hydrogen) atoms. The lowest BCUT2D eigenvalue weighted by Crippen LogP contribution is -2.54. The summed E-state index contributed by atoms with van der Waals surface area (Å²) in [7, 11) is 0. The van der Waals surface area contributed by atoms with Gasteiger partial charge in [-0.2, -0.15) is 0 Å². The normalized spacial score (nSPS) is 24.8. The van der Waals surface area contributed by atoms with Crippen LogP contribution in [-0.2, 0) is 9.59 Å². The van der Waals surface area contributed by atoms with Gasteiger partial charge in [0.2, 0.25) is 0 Å². The maximum absolute atomic E-state index is 11.9. The number of hydrogen-bond donors (Lipinski definition) is 2. The van der Waals surface area contributed by atoms with Gasteiger partial charge in [-0.25, -0.2) is 4.79 Å². The Morgan fingerprint density at radius 1 is 1.38 bits per heavy atom. The Bertz CT molecular complexity index is 432. The van der Waals surface area contributed by atoms with Crippen LogP contribution in [0.2, 0.25) is 0 Å². The summed E-state index contributed by atoms with van der Waals surface area (Å²) in [5.74, 6) is -1.82. The first-order valence-corrected chi connectivity index (χ1v) is 4.95. The van der Waals surface area contributed by atoms with Crippen molar-refractivity contribution in [3.8, 4) is 0 Å². The van der Waals surface area contributed by atoms with E-state index in [-0.39, 0.29) is 6.42 Å². The molecule has 1 aliphatic heterocycles. The Kier molecular flexibility index (Phi) is 2.40. The van der Waals surface area contributed by atoms with E-state index in [1.165, 1.54) is 4.90 Å². The van der Waals surface area contributed by atoms with Gasteiger partial charge in [0.05, 0.1) is 0 Å². The fourth-order valence-corrected chi connectivity index (χ4v) is 1.79. The van der Waals surface area contributed by atoms with E-state index in [0.29, 0.717) is 12.2 Å². The number of carbonyl (C=O) groups is 2. The Morgan fingerprint density at radius 2 is 2.00 bits per heavy atom. The average Bonchev–Trinajstić information content (AvgIpc) is 2.59. The van der Waals surface area contributed by atoms with Crippen molar-refractivity contribution in [3.63, 3.8) is 0 Å². The van der Waals surface area contributed by atoms with Crippen molar-refractivity contribution < 1.29 is 14.7 Å². The first kappa shape index (κ1) is 10.6. The van der Waals surface area contributed by atoms with Crippen LogP contribution in [-0.4, -0.2) is 29.1 Å². The van der Waals surface area contributed by atoms with E-state index in [2.05, 4.69) is 0 Å². The molecule has 1 aliphatic rings. The zero-order chi connectivity index (χ0) is 11.8. The summed E-state index contributed by atoms with van der Waals surface area (Å²) in [5, 5.41) is 8.94. The second-order valence-electron chi connectivity index (χ2n) is 3.82. The second-order valence-corrected chi connectivity index (χ2v) is 3.82. The Balaban J connectivity index is 2.30. The monoisotopic (exact) mass is 220 g/mol. The van der Waals surface area contributed by atoms with Crippen molar-refractivity contribution in [2.45, 2.75) is 12.0 Å². The molecular formula is C11H12N2O3. The Hall–Kier alpha value is -1.88. The number of carboxylic acids is 1. The van der Waals surface area contributed by atoms with Gasteiger partial charge < -0.3 is 15.7 Å². The van der Waals surface area contributed by atoms with Crippen LogP contribution in [0.3, 0.4) is 0 Å². The molecule has 0 unspecified atom stereocenters. The minimum Gasteiger partial charge on any atom is -0.479 e. The van der Waals surface area contributed by atoms with Gasteiger partial charge in [-0.15, -0.1) is 0 Å². The predicted octanol–water partition coefficient (Wildman–Crippen LogP) is 0.205. The smallest absolute Gasteiger partial charge is 0.333 e. The number of aliphatic carboxylic acids is 1. The SMILES string of the molecule is N[C@@]1(C(=O)O)CCN(c2ccccc2)C1=O. The van der Waals surface area contributed by atoms with Crippen LogP contribution < -0.4 is 10.6 Å². The van der Waals surface area contributed by atoms with E-state index < -0.39 is 17.4 Å². The van der Waals surface area contributed by atoms with E-state index in [1.807, 2.05) is 6.07 Å². The van der Waals surface area contributed by atoms with Crippen LogP contribution in [0.1, 0.15) is 6.42 Å². The number of anilines is 1. The summed E-state index contributed by atoms with van der Waals surface area (Å²) in [6.07, 6.45) is 0.135. The van der Waals surface area contributed by atoms with Crippen molar-refractivity contribution in [2.75, 3.05) is 11.4 Å². The topological polar surface area (TPSA) is 83.6 Å². The second kappa shape index (κ2) is 3.61. The lowest BCUT2D eigenvalue weighted by atomic mass is 10.00. The molecule has 1 aromatic carbocycles. The molecular weight excluding hydrogens is 208 g/mol. The van der Waals surface area contributed by atoms with Gasteiger partial charge in [-0.1, -0.05) is 18.2 Å². The van der Waals surface area contributed by atoms with Crippen molar-refractivity contribution in [3.05, 3.63) is 30.3 Å². The van der Waals surface area contributed by atoms with Gasteiger partial charge in [-0.3, -0.25) is 4.79 Å². The first-order valence-electron chi connectivity index (χ1n) is 4.95. The van der Waals surface area contributed by atoms with Crippen LogP contribution in [0.4, 0.5) is 5.69 Å². The molecule has 3 N–H and O–H groups in total. The van der Waals surface area contributed by atoms with E-state index in [0.717, 1.165) is 0 Å². The molecule has 1 aromatic rings. The molecule has 0 aliphatic carbocycles. The van der Waals surface area contributed by atoms with Crippen molar-refractivity contribution in [1.82, 2.24) is 0 Å². The predicted molar refractivity (Wildman–Crippen MR) is 58.0 cm³/mol. The average molecular weight is 220 g/mol. The molecule has 0 bridgehead atoms. The third kappa shape index (κ3) is 1.45. The summed E-state index contributed by atoms with van der Waals surface area (Å²) in [4.78, 5) is 24.2. The van der Waals surface area contributed by atoms with Gasteiger partial charge in [0.15, 0.2) is 5.54 Å². The van der Waals surface area contributed by atoms with Gasteiger partial charge in [0.1, 0.15) is 0 Å². The third-order valence-corrected chi connectivity index (χ3v) is 2.81. The number of amides is 1. The van der Waals surface area contributed by atoms with Crippen LogP contribution >= 0.6 is 0 Å². The third-order valence-electron chi connectivity index (χ3n) is 2.81. The summed E-state index contributed by atoms with van der Waals surface area (Å²) < 4.78 is 0. The van der Waals surface area contributed by atoms with Gasteiger partial charge in [0, 0.05) is 18.7 Å². The van der Waals surface area contributed by atoms with Crippen molar-refractivity contribution in [1.29, 1.82) is 0 Å². The van der Waals surface area contributed by atoms with E-state index >= 15 is 0 Å². The van der Waals surface area contributed by atoms with Gasteiger partial charge in [0.25, 0.3) is 5.91 Å². The molecule has 0 aromatic heterocycles. The van der Waals surface area contributed by atoms with Crippen LogP contribution in [0, 0.1) is 0 Å². The van der Waals surface area contributed by atoms with Crippen LogP contribution in [0.15, 0.2) is 30.3 Å². The standard InChI is InChI=1S/C11H12N2O3/c12-11(10(15)16)6-7-13(9(11)14)8-4-2-1-3-5-8/h1-5H,6-7,12H2,(H,15,16)/t11-/m0/s1. The Morgan fingerprint density at radius 3 is 2.50 bits per heavy atom. The van der Waals surface area contributed by atoms with Gasteiger partial charge in [-0.05, 0) is 12.1 Å². The maximum atomic E-state index is 11.9. The number of para-hydroxylation sites is 1. The molecule has 84 valence electrons. The van der Waals surface area contributed by atoms with Crippen LogP contribution in [0.5, 0.6) is 0 Å². The molecule has 0 radical (unpaired) electrons. The molecule has 1 amide bonds. The zero-order valence-corrected chi connectivity index (χ0v) is 8.59. The Labute approximate surface area is 92.5 Å². The molecule has 1 atom stereocenters. The van der Waals surface area contributed by atoms with E-state index in [1.54, 1.807) is 24.3 Å². The number of carboxylic acid groups (broad SMARTS) is 1. The van der Waals surface area contributed by atoms with Crippen LogP contribution in [0.25, 0.3) is 0 Å². The summed E-state index contributed by atoms with van der Waals surface area (Å²) in [6.45, 7) is 0.339. The number of rotatable bonds is 2.